The highest BCUT2D eigenvalue weighted by atomic mass is 32.1. The van der Waals surface area contributed by atoms with E-state index < -0.39 is 0 Å². The van der Waals surface area contributed by atoms with E-state index in [2.05, 4.69) is 91.5 Å². The maximum absolute atomic E-state index is 9.19. The van der Waals surface area contributed by atoms with Crippen molar-refractivity contribution < 1.29 is 0 Å². The van der Waals surface area contributed by atoms with Gasteiger partial charge in [-0.1, -0.05) is 68.4 Å². The molecule has 0 saturated carbocycles. The van der Waals surface area contributed by atoms with Crippen molar-refractivity contribution in [3.63, 3.8) is 0 Å². The predicted molar refractivity (Wildman–Crippen MR) is 159 cm³/mol. The third-order valence-electron chi connectivity index (χ3n) is 7.22. The van der Waals surface area contributed by atoms with Crippen molar-refractivity contribution in [3.8, 4) is 33.8 Å². The zero-order valence-corrected chi connectivity index (χ0v) is 22.4. The van der Waals surface area contributed by atoms with Crippen LogP contribution in [0.2, 0.25) is 0 Å². The molecule has 2 aromatic heterocycles. The average molecular weight is 521 g/mol. The lowest BCUT2D eigenvalue weighted by atomic mass is 9.82. The van der Waals surface area contributed by atoms with Crippen molar-refractivity contribution in [2.45, 2.75) is 19.3 Å². The zero-order valence-electron chi connectivity index (χ0n) is 21.6. The number of benzene rings is 3. The molecule has 0 atom stereocenters. The van der Waals surface area contributed by atoms with Crippen LogP contribution in [0.1, 0.15) is 29.9 Å². The zero-order chi connectivity index (χ0) is 27.0. The topological polar surface area (TPSA) is 63.7 Å². The molecule has 6 rings (SSSR count). The van der Waals surface area contributed by atoms with Crippen molar-refractivity contribution in [1.29, 1.82) is 10.5 Å². The van der Waals surface area contributed by atoms with Crippen molar-refractivity contribution in [2.75, 3.05) is 4.90 Å². The SMILES string of the molecule is CC1(C)c2cc(N(c3ccccc3)c3ccc(-c4ccccc4)nc3)ccc2-c2sc(C=C(C#N)C#N)cc21. The average Bonchev–Trinajstić information content (AvgIpc) is 3.49. The van der Waals surface area contributed by atoms with Crippen LogP contribution in [0, 0.1) is 22.7 Å². The number of aromatic nitrogens is 1. The fraction of sp³-hybridized carbons (Fsp3) is 0.0882. The third kappa shape index (κ3) is 4.30. The molecular weight excluding hydrogens is 496 g/mol. The molecule has 0 N–H and O–H groups in total. The summed E-state index contributed by atoms with van der Waals surface area (Å²) in [6, 6.07) is 37.4. The summed E-state index contributed by atoms with van der Waals surface area (Å²) in [6.45, 7) is 4.47. The van der Waals surface area contributed by atoms with Crippen LogP contribution in [0.5, 0.6) is 0 Å². The minimum Gasteiger partial charge on any atom is -0.309 e. The molecule has 2 heterocycles. The molecule has 0 radical (unpaired) electrons. The quantitative estimate of drug-likeness (QED) is 0.217. The lowest BCUT2D eigenvalue weighted by Crippen LogP contribution is -2.16. The van der Waals surface area contributed by atoms with Crippen LogP contribution in [0.3, 0.4) is 0 Å². The first-order valence-electron chi connectivity index (χ1n) is 12.7. The third-order valence-corrected chi connectivity index (χ3v) is 8.34. The summed E-state index contributed by atoms with van der Waals surface area (Å²) in [5.74, 6) is 0. The van der Waals surface area contributed by atoms with E-state index >= 15 is 0 Å². The van der Waals surface area contributed by atoms with Gasteiger partial charge >= 0.3 is 0 Å². The molecule has 0 aliphatic heterocycles. The molecule has 0 unspecified atom stereocenters. The Morgan fingerprint density at radius 2 is 1.49 bits per heavy atom. The van der Waals surface area contributed by atoms with Crippen LogP contribution in [-0.4, -0.2) is 4.98 Å². The van der Waals surface area contributed by atoms with Gasteiger partial charge in [-0.3, -0.25) is 4.98 Å². The molecule has 4 nitrogen and oxygen atoms in total. The van der Waals surface area contributed by atoms with Crippen LogP contribution in [0.15, 0.2) is 109 Å². The Hall–Kier alpha value is -4.97. The van der Waals surface area contributed by atoms with E-state index in [9.17, 15) is 10.5 Å². The number of allylic oxidation sites excluding steroid dienone is 1. The number of rotatable bonds is 5. The smallest absolute Gasteiger partial charge is 0.131 e. The van der Waals surface area contributed by atoms with Crippen LogP contribution >= 0.6 is 11.3 Å². The van der Waals surface area contributed by atoms with Gasteiger partial charge in [-0.05, 0) is 65.2 Å². The van der Waals surface area contributed by atoms with Crippen molar-refractivity contribution in [3.05, 3.63) is 125 Å². The summed E-state index contributed by atoms with van der Waals surface area (Å²) in [6.07, 6.45) is 3.61. The predicted octanol–water partition coefficient (Wildman–Crippen LogP) is 9.02. The number of hydrogen-bond acceptors (Lipinski definition) is 5. The van der Waals surface area contributed by atoms with E-state index in [1.165, 1.54) is 21.6 Å². The van der Waals surface area contributed by atoms with Gasteiger partial charge in [0.15, 0.2) is 0 Å². The van der Waals surface area contributed by atoms with Gasteiger partial charge in [-0.2, -0.15) is 10.5 Å². The molecule has 0 saturated heterocycles. The molecule has 1 aliphatic carbocycles. The van der Waals surface area contributed by atoms with Gasteiger partial charge in [-0.25, -0.2) is 0 Å². The maximum Gasteiger partial charge on any atom is 0.131 e. The molecule has 5 aromatic rings. The van der Waals surface area contributed by atoms with E-state index in [0.717, 1.165) is 33.2 Å². The number of nitriles is 2. The number of thiophene rings is 1. The Balaban J connectivity index is 1.43. The summed E-state index contributed by atoms with van der Waals surface area (Å²) in [7, 11) is 0. The van der Waals surface area contributed by atoms with Gasteiger partial charge in [0.05, 0.1) is 17.6 Å². The van der Waals surface area contributed by atoms with Crippen molar-refractivity contribution in [2.24, 2.45) is 0 Å². The largest absolute Gasteiger partial charge is 0.309 e. The monoisotopic (exact) mass is 520 g/mol. The molecule has 1 aliphatic rings. The summed E-state index contributed by atoms with van der Waals surface area (Å²) in [5, 5.41) is 18.4. The molecule has 0 amide bonds. The number of pyridine rings is 1. The van der Waals surface area contributed by atoms with Gasteiger partial charge in [0, 0.05) is 32.1 Å². The minimum atomic E-state index is -0.222. The molecule has 5 heteroatoms. The van der Waals surface area contributed by atoms with E-state index in [4.69, 9.17) is 4.98 Å². The maximum atomic E-state index is 9.19. The number of para-hydroxylation sites is 1. The Morgan fingerprint density at radius 3 is 2.15 bits per heavy atom. The van der Waals surface area contributed by atoms with E-state index in [0.29, 0.717) is 0 Å². The molecule has 0 spiro atoms. The Morgan fingerprint density at radius 1 is 0.795 bits per heavy atom. The van der Waals surface area contributed by atoms with Crippen LogP contribution < -0.4 is 4.90 Å². The summed E-state index contributed by atoms with van der Waals surface area (Å²) in [4.78, 5) is 9.17. The number of hydrogen-bond donors (Lipinski definition) is 0. The van der Waals surface area contributed by atoms with Crippen LogP contribution in [0.4, 0.5) is 17.1 Å². The van der Waals surface area contributed by atoms with Gasteiger partial charge in [0.2, 0.25) is 0 Å². The lowest BCUT2D eigenvalue weighted by molar-refractivity contribution is 0.662. The second-order valence-electron chi connectivity index (χ2n) is 9.97. The Kier molecular flexibility index (Phi) is 6.08. The molecule has 39 heavy (non-hydrogen) atoms. The first kappa shape index (κ1) is 24.4. The Labute approximate surface area is 232 Å². The fourth-order valence-corrected chi connectivity index (χ4v) is 6.53. The molecule has 0 fully saturated rings. The molecular formula is C34H24N4S. The minimum absolute atomic E-state index is 0.119. The fourth-order valence-electron chi connectivity index (χ4n) is 5.23. The van der Waals surface area contributed by atoms with Gasteiger partial charge < -0.3 is 4.90 Å². The molecule has 186 valence electrons. The van der Waals surface area contributed by atoms with Gasteiger partial charge in [0.25, 0.3) is 0 Å². The van der Waals surface area contributed by atoms with Crippen LogP contribution in [0.25, 0.3) is 27.8 Å². The van der Waals surface area contributed by atoms with E-state index in [1.807, 2.05) is 42.6 Å². The summed E-state index contributed by atoms with van der Waals surface area (Å²) in [5.41, 5.74) is 8.71. The highest BCUT2D eigenvalue weighted by molar-refractivity contribution is 7.16. The normalized spacial score (nSPS) is 12.5. The molecule has 3 aromatic carbocycles. The standard InChI is InChI=1S/C34H24N4S/c1-34(2)30-18-26(13-15-29(30)33-31(34)19-28(39-33)17-23(20-35)21-36)38(25-11-7-4-8-12-25)27-14-16-32(37-22-27)24-9-5-3-6-10-24/h3-19,22H,1-2H3. The Bertz CT molecular complexity index is 1770. The highest BCUT2D eigenvalue weighted by Gasteiger charge is 2.37. The highest BCUT2D eigenvalue weighted by Crippen LogP contribution is 2.54. The summed E-state index contributed by atoms with van der Waals surface area (Å²) >= 11 is 1.63. The lowest BCUT2D eigenvalue weighted by Gasteiger charge is -2.28. The summed E-state index contributed by atoms with van der Waals surface area (Å²) < 4.78 is 0. The van der Waals surface area contributed by atoms with Crippen molar-refractivity contribution in [1.82, 2.24) is 4.98 Å². The van der Waals surface area contributed by atoms with Gasteiger partial charge in [-0.15, -0.1) is 11.3 Å². The first-order chi connectivity index (χ1) is 19.0. The first-order valence-corrected chi connectivity index (χ1v) is 13.5. The van der Waals surface area contributed by atoms with Crippen LogP contribution in [-0.2, 0) is 5.41 Å². The van der Waals surface area contributed by atoms with E-state index in [-0.39, 0.29) is 11.0 Å². The number of anilines is 3. The van der Waals surface area contributed by atoms with Gasteiger partial charge in [0.1, 0.15) is 17.7 Å². The molecule has 0 bridgehead atoms. The second kappa shape index (κ2) is 9.72. The number of nitrogens with zero attached hydrogens (tertiary/aromatic N) is 4. The van der Waals surface area contributed by atoms with E-state index in [1.54, 1.807) is 17.4 Å². The number of fused-ring (bicyclic) bond motifs is 3. The second-order valence-corrected chi connectivity index (χ2v) is 11.1. The van der Waals surface area contributed by atoms with Crippen molar-refractivity contribution >= 4 is 34.5 Å².